The van der Waals surface area contributed by atoms with Gasteiger partial charge >= 0.3 is 0 Å². The Bertz CT molecular complexity index is 500. The molecule has 3 nitrogen and oxygen atoms in total. The molecule has 112 valence electrons. The van der Waals surface area contributed by atoms with E-state index in [1.54, 1.807) is 19.1 Å². The van der Waals surface area contributed by atoms with Crippen molar-refractivity contribution in [3.63, 3.8) is 0 Å². The molecule has 0 spiro atoms. The van der Waals surface area contributed by atoms with E-state index in [0.717, 1.165) is 5.69 Å². The molecule has 0 aromatic heterocycles. The molecule has 2 rings (SSSR count). The highest BCUT2D eigenvalue weighted by molar-refractivity contribution is 7.91. The van der Waals surface area contributed by atoms with Crippen molar-refractivity contribution >= 4 is 15.5 Å². The quantitative estimate of drug-likeness (QED) is 0.913. The molecule has 1 fully saturated rings. The molecule has 1 aromatic carbocycles. The van der Waals surface area contributed by atoms with Crippen LogP contribution in [-0.2, 0) is 9.84 Å². The highest BCUT2D eigenvalue weighted by Crippen LogP contribution is 2.22. The summed E-state index contributed by atoms with van der Waals surface area (Å²) in [5.74, 6) is 0.155. The van der Waals surface area contributed by atoms with Gasteiger partial charge in [0.25, 0.3) is 0 Å². The topological polar surface area (TPSA) is 46.2 Å². The zero-order valence-corrected chi connectivity index (χ0v) is 13.1. The maximum Gasteiger partial charge on any atom is 0.178 e. The van der Waals surface area contributed by atoms with Crippen molar-refractivity contribution in [1.82, 2.24) is 0 Å². The Kier molecular flexibility index (Phi) is 5.46. The van der Waals surface area contributed by atoms with Gasteiger partial charge in [-0.1, -0.05) is 39.0 Å². The van der Waals surface area contributed by atoms with Gasteiger partial charge in [-0.15, -0.1) is 0 Å². The summed E-state index contributed by atoms with van der Waals surface area (Å²) in [5, 5.41) is 3.55. The molecule has 1 aliphatic rings. The van der Waals surface area contributed by atoms with E-state index in [1.807, 2.05) is 12.1 Å². The van der Waals surface area contributed by atoms with Crippen molar-refractivity contribution < 1.29 is 8.42 Å². The van der Waals surface area contributed by atoms with Gasteiger partial charge in [0.2, 0.25) is 0 Å². The lowest BCUT2D eigenvalue weighted by atomic mass is 9.96. The summed E-state index contributed by atoms with van der Waals surface area (Å²) in [6.45, 7) is 1.68. The average Bonchev–Trinajstić information content (AvgIpc) is 2.42. The van der Waals surface area contributed by atoms with Crippen LogP contribution in [0.15, 0.2) is 29.2 Å². The third kappa shape index (κ3) is 4.23. The highest BCUT2D eigenvalue weighted by Gasteiger charge is 2.13. The maximum atomic E-state index is 11.8. The molecule has 0 saturated heterocycles. The molecule has 0 unspecified atom stereocenters. The van der Waals surface area contributed by atoms with Crippen LogP contribution in [0, 0.1) is 0 Å². The molecule has 0 amide bonds. The Labute approximate surface area is 122 Å². The van der Waals surface area contributed by atoms with Gasteiger partial charge in [0, 0.05) is 11.7 Å². The second kappa shape index (κ2) is 7.11. The van der Waals surface area contributed by atoms with Crippen molar-refractivity contribution in [1.29, 1.82) is 0 Å². The van der Waals surface area contributed by atoms with Crippen molar-refractivity contribution in [2.45, 2.75) is 62.8 Å². The predicted octanol–water partition coefficient (Wildman–Crippen LogP) is 4.01. The van der Waals surface area contributed by atoms with Crippen LogP contribution in [0.25, 0.3) is 0 Å². The minimum absolute atomic E-state index is 0.155. The van der Waals surface area contributed by atoms with Crippen LogP contribution in [0.5, 0.6) is 0 Å². The van der Waals surface area contributed by atoms with Crippen LogP contribution in [0.1, 0.15) is 51.9 Å². The van der Waals surface area contributed by atoms with Gasteiger partial charge in [0.15, 0.2) is 9.84 Å². The fraction of sp³-hybridized carbons (Fsp3) is 0.625. The number of rotatable bonds is 4. The Balaban J connectivity index is 1.99. The summed E-state index contributed by atoms with van der Waals surface area (Å²) < 4.78 is 23.5. The fourth-order valence-corrected chi connectivity index (χ4v) is 3.65. The third-order valence-electron chi connectivity index (χ3n) is 4.07. The lowest BCUT2D eigenvalue weighted by Crippen LogP contribution is -2.20. The molecule has 20 heavy (non-hydrogen) atoms. The van der Waals surface area contributed by atoms with Gasteiger partial charge in [-0.2, -0.15) is 0 Å². The second-order valence-corrected chi connectivity index (χ2v) is 7.89. The molecule has 0 aliphatic heterocycles. The third-order valence-corrected chi connectivity index (χ3v) is 5.82. The normalized spacial score (nSPS) is 18.2. The van der Waals surface area contributed by atoms with Crippen LogP contribution >= 0.6 is 0 Å². The first-order valence-corrected chi connectivity index (χ1v) is 9.36. The van der Waals surface area contributed by atoms with Crippen molar-refractivity contribution in [2.24, 2.45) is 0 Å². The van der Waals surface area contributed by atoms with E-state index in [1.165, 1.54) is 44.9 Å². The Hall–Kier alpha value is -1.03. The molecule has 1 aliphatic carbocycles. The molecule has 0 atom stereocenters. The SMILES string of the molecule is CCS(=O)(=O)c1ccc(NC2CCCCCCC2)cc1. The largest absolute Gasteiger partial charge is 0.382 e. The Morgan fingerprint density at radius 2 is 1.55 bits per heavy atom. The molecule has 1 saturated carbocycles. The van der Waals surface area contributed by atoms with Gasteiger partial charge in [-0.05, 0) is 37.1 Å². The van der Waals surface area contributed by atoms with E-state index >= 15 is 0 Å². The standard InChI is InChI=1S/C16H25NO2S/c1-2-20(18,19)16-12-10-15(11-13-16)17-14-8-6-4-3-5-7-9-14/h10-14,17H,2-9H2,1H3. The highest BCUT2D eigenvalue weighted by atomic mass is 32.2. The number of benzene rings is 1. The molecule has 0 heterocycles. The van der Waals surface area contributed by atoms with E-state index in [4.69, 9.17) is 0 Å². The van der Waals surface area contributed by atoms with E-state index < -0.39 is 9.84 Å². The summed E-state index contributed by atoms with van der Waals surface area (Å²) in [4.78, 5) is 0.420. The second-order valence-electron chi connectivity index (χ2n) is 5.61. The summed E-state index contributed by atoms with van der Waals surface area (Å²) in [7, 11) is -3.09. The summed E-state index contributed by atoms with van der Waals surface area (Å²) in [6.07, 6.45) is 9.07. The molecular weight excluding hydrogens is 270 g/mol. The molecular formula is C16H25NO2S. The fourth-order valence-electron chi connectivity index (χ4n) is 2.76. The van der Waals surface area contributed by atoms with Gasteiger partial charge in [0.05, 0.1) is 10.6 Å². The van der Waals surface area contributed by atoms with Crippen molar-refractivity contribution in [2.75, 3.05) is 11.1 Å². The lowest BCUT2D eigenvalue weighted by Gasteiger charge is -2.22. The summed E-state index contributed by atoms with van der Waals surface area (Å²) in [6, 6.07) is 7.74. The maximum absolute atomic E-state index is 11.8. The minimum atomic E-state index is -3.09. The zero-order chi connectivity index (χ0) is 14.4. The lowest BCUT2D eigenvalue weighted by molar-refractivity contribution is 0.471. The van der Waals surface area contributed by atoms with E-state index in [0.29, 0.717) is 10.9 Å². The number of sulfone groups is 1. The zero-order valence-electron chi connectivity index (χ0n) is 12.3. The minimum Gasteiger partial charge on any atom is -0.382 e. The van der Waals surface area contributed by atoms with Gasteiger partial charge in [0.1, 0.15) is 0 Å². The molecule has 0 radical (unpaired) electrons. The van der Waals surface area contributed by atoms with E-state index in [9.17, 15) is 8.42 Å². The van der Waals surface area contributed by atoms with Crippen LogP contribution in [0.2, 0.25) is 0 Å². The van der Waals surface area contributed by atoms with Crippen molar-refractivity contribution in [3.05, 3.63) is 24.3 Å². The molecule has 1 aromatic rings. The smallest absolute Gasteiger partial charge is 0.178 e. The van der Waals surface area contributed by atoms with Crippen LogP contribution in [-0.4, -0.2) is 20.2 Å². The van der Waals surface area contributed by atoms with Gasteiger partial charge in [-0.25, -0.2) is 8.42 Å². The number of hydrogen-bond acceptors (Lipinski definition) is 3. The molecule has 4 heteroatoms. The van der Waals surface area contributed by atoms with Crippen LogP contribution < -0.4 is 5.32 Å². The van der Waals surface area contributed by atoms with Crippen LogP contribution in [0.3, 0.4) is 0 Å². The number of nitrogens with one attached hydrogen (secondary N) is 1. The molecule has 1 N–H and O–H groups in total. The summed E-state index contributed by atoms with van der Waals surface area (Å²) in [5.41, 5.74) is 1.03. The van der Waals surface area contributed by atoms with Gasteiger partial charge < -0.3 is 5.32 Å². The Morgan fingerprint density at radius 3 is 2.10 bits per heavy atom. The average molecular weight is 295 g/mol. The monoisotopic (exact) mass is 295 g/mol. The van der Waals surface area contributed by atoms with E-state index in [2.05, 4.69) is 5.32 Å². The van der Waals surface area contributed by atoms with Crippen molar-refractivity contribution in [3.8, 4) is 0 Å². The van der Waals surface area contributed by atoms with Gasteiger partial charge in [-0.3, -0.25) is 0 Å². The predicted molar refractivity (Wildman–Crippen MR) is 83.9 cm³/mol. The molecule has 0 bridgehead atoms. The Morgan fingerprint density at radius 1 is 1.00 bits per heavy atom. The van der Waals surface area contributed by atoms with E-state index in [-0.39, 0.29) is 5.75 Å². The first-order valence-electron chi connectivity index (χ1n) is 7.71. The number of anilines is 1. The van der Waals surface area contributed by atoms with Crippen LogP contribution in [0.4, 0.5) is 5.69 Å². The first-order chi connectivity index (χ1) is 9.62. The first kappa shape index (κ1) is 15.4. The summed E-state index contributed by atoms with van der Waals surface area (Å²) >= 11 is 0. The number of hydrogen-bond donors (Lipinski definition) is 1.